The lowest BCUT2D eigenvalue weighted by Gasteiger charge is -2.16. The topological polar surface area (TPSA) is 54.0 Å². The van der Waals surface area contributed by atoms with Crippen LogP contribution in [0.3, 0.4) is 0 Å². The molecule has 5 heteroatoms. The Hall–Kier alpha value is -1.43. The van der Waals surface area contributed by atoms with Gasteiger partial charge in [-0.1, -0.05) is 38.5 Å². The fourth-order valence-corrected chi connectivity index (χ4v) is 1.84. The molecule has 0 saturated heterocycles. The van der Waals surface area contributed by atoms with Crippen LogP contribution in [0.5, 0.6) is 5.75 Å². The number of carbonyl (C=O) groups is 1. The SMILES string of the molecule is Cc1ccc(OOCCOCCOCC(=O)CC(C)(C)C)cc1. The first-order valence-corrected chi connectivity index (χ1v) is 7.90. The van der Waals surface area contributed by atoms with Crippen LogP contribution in [0.1, 0.15) is 32.8 Å². The molecule has 1 aromatic carbocycles. The number of rotatable bonds is 11. The molecule has 0 heterocycles. The van der Waals surface area contributed by atoms with Gasteiger partial charge in [-0.15, -0.1) is 0 Å². The Morgan fingerprint density at radius 1 is 0.957 bits per heavy atom. The van der Waals surface area contributed by atoms with E-state index >= 15 is 0 Å². The van der Waals surface area contributed by atoms with Crippen LogP contribution in [-0.4, -0.2) is 38.8 Å². The molecule has 130 valence electrons. The fraction of sp³-hybridized carbons (Fsp3) is 0.611. The van der Waals surface area contributed by atoms with Gasteiger partial charge in [0.2, 0.25) is 0 Å². The lowest BCUT2D eigenvalue weighted by atomic mass is 9.90. The quantitative estimate of drug-likeness (QED) is 0.355. The second-order valence-electron chi connectivity index (χ2n) is 6.66. The highest BCUT2D eigenvalue weighted by Gasteiger charge is 2.15. The van der Waals surface area contributed by atoms with Gasteiger partial charge >= 0.3 is 0 Å². The molecule has 1 aromatic rings. The van der Waals surface area contributed by atoms with Crippen molar-refractivity contribution in [2.24, 2.45) is 5.41 Å². The summed E-state index contributed by atoms with van der Waals surface area (Å²) in [7, 11) is 0. The van der Waals surface area contributed by atoms with Crippen molar-refractivity contribution in [3.63, 3.8) is 0 Å². The van der Waals surface area contributed by atoms with E-state index in [2.05, 4.69) is 0 Å². The predicted molar refractivity (Wildman–Crippen MR) is 88.5 cm³/mol. The first-order valence-electron chi connectivity index (χ1n) is 7.90. The molecule has 0 spiro atoms. The van der Waals surface area contributed by atoms with Gasteiger partial charge in [0.05, 0.1) is 19.8 Å². The molecule has 0 amide bonds. The third-order valence-electron chi connectivity index (χ3n) is 2.85. The maximum atomic E-state index is 11.6. The Morgan fingerprint density at radius 2 is 1.57 bits per heavy atom. The van der Waals surface area contributed by atoms with Gasteiger partial charge in [-0.2, -0.15) is 4.89 Å². The van der Waals surface area contributed by atoms with Crippen LogP contribution in [0.4, 0.5) is 0 Å². The maximum absolute atomic E-state index is 11.6. The van der Waals surface area contributed by atoms with E-state index in [1.165, 1.54) is 5.56 Å². The second-order valence-corrected chi connectivity index (χ2v) is 6.66. The second kappa shape index (κ2) is 10.4. The standard InChI is InChI=1S/C18H28O5/c1-15-5-7-17(8-6-15)23-22-12-11-20-9-10-21-14-16(19)13-18(2,3)4/h5-8H,9-14H2,1-4H3. The zero-order valence-electron chi connectivity index (χ0n) is 14.6. The molecule has 0 N–H and O–H groups in total. The molecule has 0 aromatic heterocycles. The van der Waals surface area contributed by atoms with Crippen molar-refractivity contribution in [1.29, 1.82) is 0 Å². The van der Waals surface area contributed by atoms with Gasteiger partial charge in [0.15, 0.2) is 11.5 Å². The Kier molecular flexibility index (Phi) is 8.84. The highest BCUT2D eigenvalue weighted by atomic mass is 17.2. The first-order chi connectivity index (χ1) is 10.9. The zero-order chi connectivity index (χ0) is 17.1. The molecular formula is C18H28O5. The van der Waals surface area contributed by atoms with Crippen LogP contribution in [0.15, 0.2) is 24.3 Å². The number of benzene rings is 1. The summed E-state index contributed by atoms with van der Waals surface area (Å²) in [6.07, 6.45) is 0.526. The highest BCUT2D eigenvalue weighted by Crippen LogP contribution is 2.18. The molecule has 0 aliphatic carbocycles. The number of ether oxygens (including phenoxy) is 2. The number of aryl methyl sites for hydroxylation is 1. The van der Waals surface area contributed by atoms with E-state index in [-0.39, 0.29) is 17.8 Å². The number of hydrogen-bond donors (Lipinski definition) is 0. The molecule has 0 aliphatic rings. The number of carbonyl (C=O) groups excluding carboxylic acids is 1. The van der Waals surface area contributed by atoms with E-state index in [0.717, 1.165) is 0 Å². The third-order valence-corrected chi connectivity index (χ3v) is 2.85. The van der Waals surface area contributed by atoms with Crippen molar-refractivity contribution in [3.05, 3.63) is 29.8 Å². The van der Waals surface area contributed by atoms with Crippen LogP contribution < -0.4 is 4.89 Å². The van der Waals surface area contributed by atoms with Gasteiger partial charge in [-0.05, 0) is 24.5 Å². The Balaban J connectivity index is 1.92. The monoisotopic (exact) mass is 324 g/mol. The smallest absolute Gasteiger partial charge is 0.165 e. The molecule has 0 bridgehead atoms. The Bertz CT molecular complexity index is 447. The molecule has 0 saturated carbocycles. The minimum Gasteiger partial charge on any atom is -0.376 e. The average molecular weight is 324 g/mol. The van der Waals surface area contributed by atoms with Crippen molar-refractivity contribution in [2.45, 2.75) is 34.1 Å². The van der Waals surface area contributed by atoms with Gasteiger partial charge in [0.1, 0.15) is 13.2 Å². The summed E-state index contributed by atoms with van der Waals surface area (Å²) < 4.78 is 10.6. The third kappa shape index (κ3) is 10.8. The summed E-state index contributed by atoms with van der Waals surface area (Å²) in [5.74, 6) is 0.781. The van der Waals surface area contributed by atoms with E-state index in [1.54, 1.807) is 0 Å². The average Bonchev–Trinajstić information content (AvgIpc) is 2.45. The molecule has 0 atom stereocenters. The molecular weight excluding hydrogens is 296 g/mol. The van der Waals surface area contributed by atoms with Crippen molar-refractivity contribution in [3.8, 4) is 5.75 Å². The summed E-state index contributed by atoms with van der Waals surface area (Å²) >= 11 is 0. The lowest BCUT2D eigenvalue weighted by Crippen LogP contribution is -2.19. The van der Waals surface area contributed by atoms with E-state index in [1.807, 2.05) is 52.0 Å². The van der Waals surface area contributed by atoms with Crippen LogP contribution >= 0.6 is 0 Å². The molecule has 0 unspecified atom stereocenters. The fourth-order valence-electron chi connectivity index (χ4n) is 1.84. The minimum atomic E-state index is 0.00569. The van der Waals surface area contributed by atoms with Gasteiger partial charge in [0, 0.05) is 6.42 Å². The summed E-state index contributed by atoms with van der Waals surface area (Å²) in [5.41, 5.74) is 1.17. The molecule has 0 aliphatic heterocycles. The molecule has 23 heavy (non-hydrogen) atoms. The van der Waals surface area contributed by atoms with Crippen LogP contribution in [-0.2, 0) is 19.2 Å². The van der Waals surface area contributed by atoms with Gasteiger partial charge in [-0.25, -0.2) is 0 Å². The van der Waals surface area contributed by atoms with Crippen molar-refractivity contribution in [2.75, 3.05) is 33.0 Å². The summed E-state index contributed by atoms with van der Waals surface area (Å²) in [6.45, 7) is 9.82. The van der Waals surface area contributed by atoms with E-state index < -0.39 is 0 Å². The number of Topliss-reactive ketones (excluding diaryl/α,β-unsaturated/α-hetero) is 1. The van der Waals surface area contributed by atoms with Crippen LogP contribution in [0, 0.1) is 12.3 Å². The van der Waals surface area contributed by atoms with E-state index in [0.29, 0.717) is 38.6 Å². The van der Waals surface area contributed by atoms with Gasteiger partial charge in [-0.3, -0.25) is 4.79 Å². The first kappa shape index (κ1) is 19.6. The van der Waals surface area contributed by atoms with Crippen LogP contribution in [0.25, 0.3) is 0 Å². The Labute approximate surface area is 138 Å². The maximum Gasteiger partial charge on any atom is 0.165 e. The number of ketones is 1. The molecule has 0 fully saturated rings. The van der Waals surface area contributed by atoms with Crippen molar-refractivity contribution in [1.82, 2.24) is 0 Å². The minimum absolute atomic E-state index is 0.00569. The van der Waals surface area contributed by atoms with Gasteiger partial charge in [0.25, 0.3) is 0 Å². The molecule has 0 radical (unpaired) electrons. The molecule has 1 rings (SSSR count). The number of hydrogen-bond acceptors (Lipinski definition) is 5. The summed E-state index contributed by atoms with van der Waals surface area (Å²) in [6, 6.07) is 7.60. The molecule has 5 nitrogen and oxygen atoms in total. The predicted octanol–water partition coefficient (Wildman–Crippen LogP) is 3.34. The van der Waals surface area contributed by atoms with Crippen molar-refractivity contribution < 1.29 is 24.0 Å². The lowest BCUT2D eigenvalue weighted by molar-refractivity contribution is -0.215. The largest absolute Gasteiger partial charge is 0.376 e. The zero-order valence-corrected chi connectivity index (χ0v) is 14.6. The Morgan fingerprint density at radius 3 is 2.22 bits per heavy atom. The summed E-state index contributed by atoms with van der Waals surface area (Å²) in [4.78, 5) is 21.7. The summed E-state index contributed by atoms with van der Waals surface area (Å²) in [5, 5.41) is 0. The van der Waals surface area contributed by atoms with Gasteiger partial charge < -0.3 is 14.4 Å². The van der Waals surface area contributed by atoms with Crippen LogP contribution in [0.2, 0.25) is 0 Å². The normalized spacial score (nSPS) is 11.5. The highest BCUT2D eigenvalue weighted by molar-refractivity contribution is 5.80. The van der Waals surface area contributed by atoms with E-state index in [4.69, 9.17) is 19.2 Å². The van der Waals surface area contributed by atoms with E-state index in [9.17, 15) is 4.79 Å². The van der Waals surface area contributed by atoms with Crippen molar-refractivity contribution >= 4 is 5.78 Å².